The van der Waals surface area contributed by atoms with Gasteiger partial charge in [0, 0.05) is 48.3 Å². The van der Waals surface area contributed by atoms with E-state index in [9.17, 15) is 0 Å². The van der Waals surface area contributed by atoms with E-state index in [1.807, 2.05) is 0 Å². The fourth-order valence-electron chi connectivity index (χ4n) is 7.10. The van der Waals surface area contributed by atoms with E-state index in [4.69, 9.17) is 0 Å². The zero-order valence-electron chi connectivity index (χ0n) is 19.9. The lowest BCUT2D eigenvalue weighted by Gasteiger charge is -2.48. The molecule has 4 aromatic carbocycles. The van der Waals surface area contributed by atoms with Crippen LogP contribution in [-0.4, -0.2) is 20.8 Å². The van der Waals surface area contributed by atoms with Crippen molar-refractivity contribution in [1.29, 1.82) is 0 Å². The van der Waals surface area contributed by atoms with Gasteiger partial charge in [-0.3, -0.25) is 0 Å². The first kappa shape index (κ1) is 19.1. The maximum Gasteiger partial charge on any atom is 0.242 e. The number of anilines is 4. The van der Waals surface area contributed by atoms with Gasteiger partial charge in [0.15, 0.2) is 0 Å². The third kappa shape index (κ3) is 2.25. The summed E-state index contributed by atoms with van der Waals surface area (Å²) in [5.41, 5.74) is 18.3. The molecule has 160 valence electrons. The van der Waals surface area contributed by atoms with Gasteiger partial charge in [-0.2, -0.15) is 0 Å². The Balaban J connectivity index is 1.65. The van der Waals surface area contributed by atoms with Crippen LogP contribution in [-0.2, 0) is 0 Å². The van der Waals surface area contributed by atoms with Gasteiger partial charge < -0.3 is 9.80 Å². The quantitative estimate of drug-likeness (QED) is 0.356. The molecular weight excluding hydrogens is 399 g/mol. The van der Waals surface area contributed by atoms with Crippen LogP contribution < -0.4 is 26.2 Å². The van der Waals surface area contributed by atoms with E-state index in [1.165, 1.54) is 72.5 Å². The number of aryl methyl sites for hydroxylation is 3. The van der Waals surface area contributed by atoms with E-state index < -0.39 is 0 Å². The number of nitrogens with zero attached hydrogens (tertiary/aromatic N) is 2. The van der Waals surface area contributed by atoms with Crippen LogP contribution in [0.1, 0.15) is 39.3 Å². The van der Waals surface area contributed by atoms with Gasteiger partial charge in [-0.05, 0) is 56.2 Å². The molecule has 2 nitrogen and oxygen atoms in total. The van der Waals surface area contributed by atoms with Gasteiger partial charge in [0.25, 0.3) is 0 Å². The molecular formula is C30H27BN2. The van der Waals surface area contributed by atoms with Gasteiger partial charge >= 0.3 is 0 Å². The summed E-state index contributed by atoms with van der Waals surface area (Å²) in [7, 11) is 4.46. The molecule has 0 N–H and O–H groups in total. The molecule has 4 aromatic rings. The average Bonchev–Trinajstić information content (AvgIpc) is 2.80. The van der Waals surface area contributed by atoms with Crippen LogP contribution in [0.15, 0.2) is 66.7 Å². The van der Waals surface area contributed by atoms with Crippen LogP contribution in [0.4, 0.5) is 22.7 Å². The first-order valence-corrected chi connectivity index (χ1v) is 11.9. The van der Waals surface area contributed by atoms with Crippen molar-refractivity contribution in [3.63, 3.8) is 0 Å². The summed E-state index contributed by atoms with van der Waals surface area (Å²) in [6.07, 6.45) is 0. The van der Waals surface area contributed by atoms with E-state index in [0.29, 0.717) is 5.92 Å². The van der Waals surface area contributed by atoms with Gasteiger partial charge in [0.2, 0.25) is 6.71 Å². The van der Waals surface area contributed by atoms with Gasteiger partial charge in [-0.1, -0.05) is 75.5 Å². The Morgan fingerprint density at radius 2 is 1.03 bits per heavy atom. The SMILES string of the molecule is Cc1cc(C)c(B2c3cccc4c3C3c5c2cccc5N(C)c2cccc(c23)N4C)c(C)c1. The Bertz CT molecular complexity index is 1400. The first-order chi connectivity index (χ1) is 16.0. The molecule has 0 saturated carbocycles. The van der Waals surface area contributed by atoms with Crippen LogP contribution in [0.3, 0.4) is 0 Å². The summed E-state index contributed by atoms with van der Waals surface area (Å²) in [4.78, 5) is 4.82. The smallest absolute Gasteiger partial charge is 0.242 e. The lowest BCUT2D eigenvalue weighted by Crippen LogP contribution is -2.60. The van der Waals surface area contributed by atoms with Crippen molar-refractivity contribution in [1.82, 2.24) is 0 Å². The van der Waals surface area contributed by atoms with Crippen LogP contribution in [0, 0.1) is 20.8 Å². The highest BCUT2D eigenvalue weighted by atomic mass is 15.2. The number of rotatable bonds is 1. The van der Waals surface area contributed by atoms with E-state index >= 15 is 0 Å². The number of hydrogen-bond acceptors (Lipinski definition) is 2. The fourth-order valence-corrected chi connectivity index (χ4v) is 7.10. The second-order valence-corrected chi connectivity index (χ2v) is 10.1. The molecule has 3 aliphatic heterocycles. The maximum atomic E-state index is 2.41. The van der Waals surface area contributed by atoms with Crippen LogP contribution in [0.25, 0.3) is 0 Å². The Kier molecular flexibility index (Phi) is 3.65. The molecule has 0 amide bonds. The van der Waals surface area contributed by atoms with Crippen molar-refractivity contribution in [3.8, 4) is 0 Å². The van der Waals surface area contributed by atoms with Crippen molar-refractivity contribution < 1.29 is 0 Å². The Morgan fingerprint density at radius 3 is 1.52 bits per heavy atom. The van der Waals surface area contributed by atoms with Crippen molar-refractivity contribution in [2.24, 2.45) is 0 Å². The van der Waals surface area contributed by atoms with Crippen molar-refractivity contribution >= 4 is 45.9 Å². The zero-order chi connectivity index (χ0) is 22.6. The van der Waals surface area contributed by atoms with E-state index in [0.717, 1.165) is 0 Å². The lowest BCUT2D eigenvalue weighted by molar-refractivity contribution is 0.896. The minimum absolute atomic E-state index is 0.250. The van der Waals surface area contributed by atoms with E-state index in [-0.39, 0.29) is 6.71 Å². The molecule has 0 fully saturated rings. The minimum atomic E-state index is 0.250. The topological polar surface area (TPSA) is 6.48 Å². The lowest BCUT2D eigenvalue weighted by atomic mass is 9.31. The van der Waals surface area contributed by atoms with Crippen LogP contribution >= 0.6 is 0 Å². The van der Waals surface area contributed by atoms with Crippen molar-refractivity contribution in [2.45, 2.75) is 26.7 Å². The Hall–Kier alpha value is -3.46. The highest BCUT2D eigenvalue weighted by Gasteiger charge is 2.46. The van der Waals surface area contributed by atoms with Gasteiger partial charge in [0.05, 0.1) is 0 Å². The maximum absolute atomic E-state index is 2.41. The third-order valence-corrected chi connectivity index (χ3v) is 8.25. The van der Waals surface area contributed by atoms with Crippen molar-refractivity contribution in [2.75, 3.05) is 23.9 Å². The Labute approximate surface area is 196 Å². The molecule has 0 radical (unpaired) electrons. The summed E-state index contributed by atoms with van der Waals surface area (Å²) in [5.74, 6) is 0.295. The van der Waals surface area contributed by atoms with Gasteiger partial charge in [-0.25, -0.2) is 0 Å². The summed E-state index contributed by atoms with van der Waals surface area (Å²) in [6.45, 7) is 7.04. The minimum Gasteiger partial charge on any atom is -0.344 e. The summed E-state index contributed by atoms with van der Waals surface area (Å²) < 4.78 is 0. The molecule has 0 bridgehead atoms. The fraction of sp³-hybridized carbons (Fsp3) is 0.200. The summed E-state index contributed by atoms with van der Waals surface area (Å²) >= 11 is 0. The number of hydrogen-bond donors (Lipinski definition) is 0. The molecule has 0 spiro atoms. The molecule has 3 aliphatic rings. The molecule has 0 atom stereocenters. The third-order valence-electron chi connectivity index (χ3n) is 8.25. The standard InChI is InChI=1S/C30H27BN2/c1-17-15-18(2)30(19(3)16-17)31-20-9-6-11-22-26(20)29-27-21(31)10-7-12-23(27)33(5)25-14-8-13-24(28(25)29)32(22)4/h6-16,29H,1-5H3. The molecule has 33 heavy (non-hydrogen) atoms. The Morgan fingerprint density at radius 1 is 0.606 bits per heavy atom. The van der Waals surface area contributed by atoms with Gasteiger partial charge in [-0.15, -0.1) is 0 Å². The summed E-state index contributed by atoms with van der Waals surface area (Å²) in [6, 6.07) is 25.4. The van der Waals surface area contributed by atoms with Crippen LogP contribution in [0.2, 0.25) is 0 Å². The second kappa shape index (κ2) is 6.32. The highest BCUT2D eigenvalue weighted by Crippen LogP contribution is 2.56. The molecule has 0 saturated heterocycles. The first-order valence-electron chi connectivity index (χ1n) is 11.9. The van der Waals surface area contributed by atoms with Gasteiger partial charge in [0.1, 0.15) is 0 Å². The van der Waals surface area contributed by atoms with E-state index in [2.05, 4.69) is 111 Å². The van der Waals surface area contributed by atoms with Crippen LogP contribution in [0.5, 0.6) is 0 Å². The van der Waals surface area contributed by atoms with E-state index in [1.54, 1.807) is 0 Å². The van der Waals surface area contributed by atoms with Crippen molar-refractivity contribution in [3.05, 3.63) is 100 Å². The molecule has 0 aromatic heterocycles. The molecule has 3 heteroatoms. The monoisotopic (exact) mass is 426 g/mol. The zero-order valence-corrected chi connectivity index (χ0v) is 19.9. The summed E-state index contributed by atoms with van der Waals surface area (Å²) in [5, 5.41) is 0. The number of benzene rings is 4. The molecule has 0 aliphatic carbocycles. The molecule has 3 heterocycles. The average molecular weight is 426 g/mol. The molecule has 7 rings (SSSR count). The second-order valence-electron chi connectivity index (χ2n) is 10.1. The largest absolute Gasteiger partial charge is 0.344 e. The molecule has 0 unspecified atom stereocenters. The normalized spacial score (nSPS) is 15.1. The predicted molar refractivity (Wildman–Crippen MR) is 142 cm³/mol. The highest BCUT2D eigenvalue weighted by molar-refractivity contribution is 6.97. The predicted octanol–water partition coefficient (Wildman–Crippen LogP) is 4.78.